The highest BCUT2D eigenvalue weighted by Crippen LogP contribution is 2.42. The average molecular weight is 337 g/mol. The first kappa shape index (κ1) is 16.8. The molecule has 1 unspecified atom stereocenters. The Kier molecular flexibility index (Phi) is 4.97. The number of methoxy groups -OCH3 is 2. The number of benzene rings is 1. The molecule has 4 nitrogen and oxygen atoms in total. The maximum absolute atomic E-state index is 6.18. The van der Waals surface area contributed by atoms with Gasteiger partial charge in [0.05, 0.1) is 0 Å². The van der Waals surface area contributed by atoms with E-state index in [1.54, 1.807) is 14.2 Å². The molecule has 1 saturated carbocycles. The van der Waals surface area contributed by atoms with Gasteiger partial charge in [0.2, 0.25) is 0 Å². The third-order valence-corrected chi connectivity index (χ3v) is 5.67. The Hall–Kier alpha value is -1.07. The normalized spacial score (nSPS) is 20.0. The third kappa shape index (κ3) is 3.13. The molecule has 1 aliphatic rings. The zero-order valence-corrected chi connectivity index (χ0v) is 14.5. The molecule has 1 aromatic heterocycles. The quantitative estimate of drug-likeness (QED) is 0.810. The van der Waals surface area contributed by atoms with E-state index in [2.05, 4.69) is 11.2 Å². The molecule has 2 aromatic rings. The first-order valence-electron chi connectivity index (χ1n) is 8.19. The van der Waals surface area contributed by atoms with Crippen molar-refractivity contribution in [3.8, 4) is 0 Å². The zero-order valence-electron chi connectivity index (χ0n) is 13.8. The predicted octanol–water partition coefficient (Wildman–Crippen LogP) is 4.04. The molecule has 3 N–H and O–H groups in total. The summed E-state index contributed by atoms with van der Waals surface area (Å²) < 4.78 is 11.2. The maximum atomic E-state index is 6.18. The Morgan fingerprint density at radius 1 is 1.30 bits per heavy atom. The lowest BCUT2D eigenvalue weighted by molar-refractivity contribution is -0.228. The minimum absolute atomic E-state index is 0.328. The second-order valence-corrected chi connectivity index (χ2v) is 6.87. The molecule has 0 aliphatic heterocycles. The Labute approximate surface area is 142 Å². The van der Waals surface area contributed by atoms with Crippen molar-refractivity contribution >= 4 is 22.5 Å². The molecule has 23 heavy (non-hydrogen) atoms. The van der Waals surface area contributed by atoms with Gasteiger partial charge in [-0.2, -0.15) is 0 Å². The van der Waals surface area contributed by atoms with Crippen LogP contribution in [0.15, 0.2) is 24.4 Å². The molecule has 1 aliphatic carbocycles. The molecular weight excluding hydrogens is 312 g/mol. The van der Waals surface area contributed by atoms with Crippen molar-refractivity contribution in [1.29, 1.82) is 0 Å². The van der Waals surface area contributed by atoms with Gasteiger partial charge in [-0.25, -0.2) is 0 Å². The van der Waals surface area contributed by atoms with Crippen molar-refractivity contribution in [2.75, 3.05) is 20.8 Å². The van der Waals surface area contributed by atoms with E-state index in [0.717, 1.165) is 36.2 Å². The monoisotopic (exact) mass is 336 g/mol. The van der Waals surface area contributed by atoms with E-state index in [1.165, 1.54) is 10.9 Å². The highest BCUT2D eigenvalue weighted by atomic mass is 35.5. The van der Waals surface area contributed by atoms with Crippen LogP contribution in [-0.2, 0) is 9.47 Å². The summed E-state index contributed by atoms with van der Waals surface area (Å²) in [5.41, 5.74) is 8.54. The maximum Gasteiger partial charge on any atom is 0.167 e. The number of aromatic nitrogens is 1. The zero-order chi connectivity index (χ0) is 16.4. The fourth-order valence-corrected chi connectivity index (χ4v) is 4.14. The van der Waals surface area contributed by atoms with Crippen LogP contribution >= 0.6 is 11.6 Å². The van der Waals surface area contributed by atoms with E-state index in [1.807, 2.05) is 18.2 Å². The van der Waals surface area contributed by atoms with Crippen molar-refractivity contribution in [1.82, 2.24) is 4.98 Å². The average Bonchev–Trinajstić information content (AvgIpc) is 2.99. The van der Waals surface area contributed by atoms with E-state index in [-0.39, 0.29) is 0 Å². The molecule has 5 heteroatoms. The van der Waals surface area contributed by atoms with E-state index >= 15 is 0 Å². The molecule has 0 amide bonds. The molecule has 126 valence electrons. The molecule has 1 atom stereocenters. The molecular formula is C18H25ClN2O2. The lowest BCUT2D eigenvalue weighted by Gasteiger charge is -2.40. The second kappa shape index (κ2) is 6.81. The van der Waals surface area contributed by atoms with Gasteiger partial charge >= 0.3 is 0 Å². The highest BCUT2D eigenvalue weighted by molar-refractivity contribution is 6.31. The van der Waals surface area contributed by atoms with Crippen molar-refractivity contribution < 1.29 is 9.47 Å². The van der Waals surface area contributed by atoms with Crippen molar-refractivity contribution in [2.45, 2.75) is 37.4 Å². The Morgan fingerprint density at radius 2 is 2.00 bits per heavy atom. The Morgan fingerprint density at radius 3 is 2.61 bits per heavy atom. The second-order valence-electron chi connectivity index (χ2n) is 6.43. The van der Waals surface area contributed by atoms with Crippen LogP contribution in [0.3, 0.4) is 0 Å². The van der Waals surface area contributed by atoms with Gasteiger partial charge < -0.3 is 20.2 Å². The summed E-state index contributed by atoms with van der Waals surface area (Å²) in [5, 5.41) is 1.94. The molecule has 3 rings (SSSR count). The summed E-state index contributed by atoms with van der Waals surface area (Å²) in [6.45, 7) is 0.636. The van der Waals surface area contributed by atoms with Crippen LogP contribution < -0.4 is 5.73 Å². The Bertz CT molecular complexity index is 656. The molecule has 0 spiro atoms. The van der Waals surface area contributed by atoms with Crippen LogP contribution in [0.4, 0.5) is 0 Å². The van der Waals surface area contributed by atoms with Crippen LogP contribution in [-0.4, -0.2) is 31.5 Å². The molecule has 1 fully saturated rings. The first-order chi connectivity index (χ1) is 11.1. The van der Waals surface area contributed by atoms with Gasteiger partial charge in [-0.1, -0.05) is 11.6 Å². The number of nitrogens with one attached hydrogen (secondary N) is 1. The van der Waals surface area contributed by atoms with Crippen molar-refractivity contribution in [2.24, 2.45) is 11.7 Å². The minimum atomic E-state index is -0.417. The van der Waals surface area contributed by atoms with E-state index in [0.29, 0.717) is 18.4 Å². The number of hydrogen-bond donors (Lipinski definition) is 2. The molecule has 0 saturated heterocycles. The van der Waals surface area contributed by atoms with Crippen LogP contribution in [0.5, 0.6) is 0 Å². The molecule has 0 radical (unpaired) electrons. The number of ether oxygens (including phenoxy) is 2. The standard InChI is InChI=1S/C18H25ClN2O2/c1-22-18(23-2)7-5-12(6-8-18)15(10-20)16-11-21-17-4-3-13(19)9-14(16)17/h3-4,9,11-12,15,21H,5-8,10,20H2,1-2H3. The van der Waals surface area contributed by atoms with Gasteiger partial charge in [0.15, 0.2) is 5.79 Å². The van der Waals surface area contributed by atoms with Crippen LogP contribution in [0.25, 0.3) is 10.9 Å². The van der Waals surface area contributed by atoms with Gasteiger partial charge in [0.25, 0.3) is 0 Å². The number of fused-ring (bicyclic) bond motifs is 1. The molecule has 1 aromatic carbocycles. The summed E-state index contributed by atoms with van der Waals surface area (Å²) >= 11 is 6.18. The number of halogens is 1. The minimum Gasteiger partial charge on any atom is -0.361 e. The van der Waals surface area contributed by atoms with E-state index in [9.17, 15) is 0 Å². The summed E-state index contributed by atoms with van der Waals surface area (Å²) in [6, 6.07) is 5.97. The van der Waals surface area contributed by atoms with Crippen LogP contribution in [0.2, 0.25) is 5.02 Å². The SMILES string of the molecule is COC1(OC)CCC(C(CN)c2c[nH]c3ccc(Cl)cc23)CC1. The summed E-state index contributed by atoms with van der Waals surface area (Å²) in [4.78, 5) is 3.34. The van der Waals surface area contributed by atoms with Gasteiger partial charge in [0.1, 0.15) is 0 Å². The van der Waals surface area contributed by atoms with E-state index < -0.39 is 5.79 Å². The van der Waals surface area contributed by atoms with Gasteiger partial charge in [0, 0.05) is 55.1 Å². The number of hydrogen-bond acceptors (Lipinski definition) is 3. The smallest absolute Gasteiger partial charge is 0.167 e. The largest absolute Gasteiger partial charge is 0.361 e. The number of nitrogens with two attached hydrogens (primary N) is 1. The van der Waals surface area contributed by atoms with Crippen LogP contribution in [0.1, 0.15) is 37.2 Å². The lowest BCUT2D eigenvalue weighted by Crippen LogP contribution is -2.39. The lowest BCUT2D eigenvalue weighted by atomic mass is 9.75. The van der Waals surface area contributed by atoms with E-state index in [4.69, 9.17) is 26.8 Å². The summed E-state index contributed by atoms with van der Waals surface area (Å²) in [6.07, 6.45) is 6.01. The summed E-state index contributed by atoms with van der Waals surface area (Å²) in [5.74, 6) is 0.449. The Balaban J connectivity index is 1.84. The number of H-pyrrole nitrogens is 1. The predicted molar refractivity (Wildman–Crippen MR) is 93.8 cm³/mol. The van der Waals surface area contributed by atoms with Gasteiger partial charge in [-0.15, -0.1) is 0 Å². The third-order valence-electron chi connectivity index (χ3n) is 5.43. The van der Waals surface area contributed by atoms with Crippen molar-refractivity contribution in [3.05, 3.63) is 35.0 Å². The number of aromatic amines is 1. The first-order valence-corrected chi connectivity index (χ1v) is 8.57. The topological polar surface area (TPSA) is 60.3 Å². The van der Waals surface area contributed by atoms with Crippen molar-refractivity contribution in [3.63, 3.8) is 0 Å². The fraction of sp³-hybridized carbons (Fsp3) is 0.556. The molecule has 1 heterocycles. The van der Waals surface area contributed by atoms with Gasteiger partial charge in [-0.05, 0) is 49.1 Å². The van der Waals surface area contributed by atoms with Gasteiger partial charge in [-0.3, -0.25) is 0 Å². The highest BCUT2D eigenvalue weighted by Gasteiger charge is 2.38. The van der Waals surface area contributed by atoms with Crippen LogP contribution in [0, 0.1) is 5.92 Å². The molecule has 0 bridgehead atoms. The summed E-state index contributed by atoms with van der Waals surface area (Å²) in [7, 11) is 3.46. The fourth-order valence-electron chi connectivity index (χ4n) is 3.97. The number of rotatable bonds is 5.